The first-order chi connectivity index (χ1) is 18.9. The Labute approximate surface area is 228 Å². The van der Waals surface area contributed by atoms with Crippen molar-refractivity contribution in [3.63, 3.8) is 0 Å². The van der Waals surface area contributed by atoms with Crippen LogP contribution in [0.2, 0.25) is 0 Å². The second kappa shape index (κ2) is 13.2. The molecule has 0 aliphatic carbocycles. The summed E-state index contributed by atoms with van der Waals surface area (Å²) in [6.07, 6.45) is 0. The molecule has 0 saturated carbocycles. The first kappa shape index (κ1) is 25.2. The summed E-state index contributed by atoms with van der Waals surface area (Å²) in [4.78, 5) is 0. The number of rotatable bonds is 6. The molecule has 0 amide bonds. The van der Waals surface area contributed by atoms with Crippen molar-refractivity contribution >= 4 is 24.4 Å². The monoisotopic (exact) mass is 502 g/mol. The van der Waals surface area contributed by atoms with E-state index in [1.807, 2.05) is 0 Å². The minimum atomic E-state index is -0.877. The largest absolute Gasteiger partial charge is 0.154 e. The molecule has 2 radical (unpaired) electrons. The first-order valence-electron chi connectivity index (χ1n) is 13.0. The lowest BCUT2D eigenvalue weighted by atomic mass is 9.85. The van der Waals surface area contributed by atoms with Crippen LogP contribution < -0.4 is 15.6 Å². The third-order valence-corrected chi connectivity index (χ3v) is 9.11. The van der Waals surface area contributed by atoms with Gasteiger partial charge in [-0.15, -0.1) is 0 Å². The van der Waals surface area contributed by atoms with Crippen molar-refractivity contribution in [1.82, 2.24) is 0 Å². The first-order valence-corrected chi connectivity index (χ1v) is 14.5. The highest BCUT2D eigenvalue weighted by Crippen LogP contribution is 2.30. The Balaban J connectivity index is 0.000000155. The number of benzene rings is 6. The lowest BCUT2D eigenvalue weighted by Crippen LogP contribution is -2.51. The smallest absolute Gasteiger partial charge is 0.0624 e. The average Bonchev–Trinajstić information content (AvgIpc) is 3.01. The van der Waals surface area contributed by atoms with Gasteiger partial charge in [0, 0.05) is 0 Å². The molecule has 1 heteroatoms. The molecule has 38 heavy (non-hydrogen) atoms. The van der Waals surface area contributed by atoms with E-state index in [1.54, 1.807) is 0 Å². The lowest BCUT2D eigenvalue weighted by molar-refractivity contribution is 1.23. The maximum Gasteiger partial charge on any atom is 0.154 e. The van der Waals surface area contributed by atoms with Gasteiger partial charge < -0.3 is 0 Å². The van der Waals surface area contributed by atoms with Crippen molar-refractivity contribution in [1.29, 1.82) is 0 Å². The van der Waals surface area contributed by atoms with Crippen LogP contribution in [0.3, 0.4) is 0 Å². The molecular weight excluding hydrogens is 472 g/mol. The molecule has 182 valence electrons. The van der Waals surface area contributed by atoms with Crippen LogP contribution in [0.5, 0.6) is 0 Å². The molecule has 0 aromatic heterocycles. The molecule has 0 spiro atoms. The molecule has 0 N–H and O–H groups in total. The van der Waals surface area contributed by atoms with E-state index < -0.39 is 8.80 Å². The molecule has 6 aromatic rings. The minimum Gasteiger partial charge on any atom is -0.0624 e. The van der Waals surface area contributed by atoms with E-state index >= 15 is 0 Å². The maximum absolute atomic E-state index is 2.24. The minimum absolute atomic E-state index is 0.877. The van der Waals surface area contributed by atoms with Crippen LogP contribution >= 0.6 is 0 Å². The van der Waals surface area contributed by atoms with E-state index in [9.17, 15) is 0 Å². The lowest BCUT2D eigenvalue weighted by Gasteiger charge is -2.17. The zero-order valence-corrected chi connectivity index (χ0v) is 22.3. The Morgan fingerprint density at radius 2 is 0.474 bits per heavy atom. The van der Waals surface area contributed by atoms with Crippen LogP contribution in [-0.2, 0) is 0 Å². The van der Waals surface area contributed by atoms with Crippen LogP contribution in [-0.4, -0.2) is 8.80 Å². The molecule has 0 nitrogen and oxygen atoms in total. The predicted molar refractivity (Wildman–Crippen MR) is 164 cm³/mol. The Hall–Kier alpha value is -4.46. The number of hydrogen-bond acceptors (Lipinski definition) is 0. The fourth-order valence-electron chi connectivity index (χ4n) is 4.63. The summed E-state index contributed by atoms with van der Waals surface area (Å²) in [5.74, 6) is 1.28. The molecule has 0 atom stereocenters. The van der Waals surface area contributed by atoms with Crippen LogP contribution in [0.1, 0.15) is 16.7 Å². The van der Waals surface area contributed by atoms with E-state index in [0.29, 0.717) is 0 Å². The molecule has 0 aliphatic heterocycles. The van der Waals surface area contributed by atoms with E-state index in [4.69, 9.17) is 0 Å². The van der Waals surface area contributed by atoms with Crippen LogP contribution in [0, 0.1) is 5.92 Å². The van der Waals surface area contributed by atoms with Crippen LogP contribution in [0.4, 0.5) is 0 Å². The van der Waals surface area contributed by atoms with Crippen molar-refractivity contribution in [2.75, 3.05) is 0 Å². The van der Waals surface area contributed by atoms with Gasteiger partial charge in [-0.1, -0.05) is 198 Å². The summed E-state index contributed by atoms with van der Waals surface area (Å²) in [6.45, 7) is 0. The number of hydrogen-bond donors (Lipinski definition) is 0. The SMILES string of the molecule is c1ccc([C](c2ccccc2)c2ccccc2)cc1.c1ccc([Si](c2ccccc2)c2ccccc2)cc1. The van der Waals surface area contributed by atoms with Gasteiger partial charge in [-0.25, -0.2) is 0 Å². The van der Waals surface area contributed by atoms with Gasteiger partial charge in [0.15, 0.2) is 8.80 Å². The molecule has 0 bridgehead atoms. The van der Waals surface area contributed by atoms with Crippen molar-refractivity contribution < 1.29 is 0 Å². The van der Waals surface area contributed by atoms with E-state index in [-0.39, 0.29) is 0 Å². The summed E-state index contributed by atoms with van der Waals surface area (Å²) in [6, 6.07) is 64.1. The van der Waals surface area contributed by atoms with Crippen molar-refractivity contribution in [2.24, 2.45) is 0 Å². The van der Waals surface area contributed by atoms with Gasteiger partial charge in [-0.2, -0.15) is 0 Å². The summed E-state index contributed by atoms with van der Waals surface area (Å²) < 4.78 is 0. The van der Waals surface area contributed by atoms with Gasteiger partial charge in [0.25, 0.3) is 0 Å². The molecule has 0 unspecified atom stereocenters. The zero-order chi connectivity index (χ0) is 25.8. The summed E-state index contributed by atoms with van der Waals surface area (Å²) in [7, 11) is -0.877. The maximum atomic E-state index is 2.24. The van der Waals surface area contributed by atoms with Gasteiger partial charge in [0.05, 0.1) is 5.92 Å². The molecular formula is C37H30Si. The second-order valence-electron chi connectivity index (χ2n) is 8.95. The van der Waals surface area contributed by atoms with Gasteiger partial charge in [0.2, 0.25) is 0 Å². The topological polar surface area (TPSA) is 0 Å². The Morgan fingerprint density at radius 1 is 0.263 bits per heavy atom. The van der Waals surface area contributed by atoms with E-state index in [0.717, 1.165) is 0 Å². The van der Waals surface area contributed by atoms with Gasteiger partial charge in [-0.3, -0.25) is 0 Å². The van der Waals surface area contributed by atoms with Gasteiger partial charge >= 0.3 is 0 Å². The third-order valence-electron chi connectivity index (χ3n) is 6.37. The van der Waals surface area contributed by atoms with Crippen LogP contribution in [0.15, 0.2) is 182 Å². The van der Waals surface area contributed by atoms with Gasteiger partial charge in [0.1, 0.15) is 0 Å². The quantitative estimate of drug-likeness (QED) is 0.171. The molecule has 0 saturated heterocycles. The summed E-state index contributed by atoms with van der Waals surface area (Å²) in [5, 5.41) is 4.31. The summed E-state index contributed by atoms with van der Waals surface area (Å²) in [5.41, 5.74) is 3.75. The van der Waals surface area contributed by atoms with Crippen molar-refractivity contribution in [2.45, 2.75) is 0 Å². The Kier molecular flexibility index (Phi) is 8.74. The third kappa shape index (κ3) is 6.45. The average molecular weight is 503 g/mol. The highest BCUT2D eigenvalue weighted by atomic mass is 28.3. The van der Waals surface area contributed by atoms with Crippen molar-refractivity contribution in [3.8, 4) is 0 Å². The van der Waals surface area contributed by atoms with Gasteiger partial charge in [-0.05, 0) is 16.7 Å². The molecule has 6 rings (SSSR count). The van der Waals surface area contributed by atoms with Crippen LogP contribution in [0.25, 0.3) is 0 Å². The summed E-state index contributed by atoms with van der Waals surface area (Å²) >= 11 is 0. The normalized spacial score (nSPS) is 10.6. The molecule has 6 aromatic carbocycles. The fourth-order valence-corrected chi connectivity index (χ4v) is 7.21. The van der Waals surface area contributed by atoms with Crippen molar-refractivity contribution in [3.05, 3.63) is 205 Å². The van der Waals surface area contributed by atoms with E-state index in [1.165, 1.54) is 38.2 Å². The molecule has 0 aliphatic rings. The zero-order valence-electron chi connectivity index (χ0n) is 21.3. The standard InChI is InChI=1S/C19H15.C18H15Si/c2*1-4-10-16(11-5-1)19(17-12-6-2-7-13-17)18-14-8-3-9-15-18/h2*1-15H. The van der Waals surface area contributed by atoms with E-state index in [2.05, 4.69) is 182 Å². The molecule has 0 heterocycles. The highest BCUT2D eigenvalue weighted by molar-refractivity contribution is 6.95. The second-order valence-corrected chi connectivity index (χ2v) is 11.4. The molecule has 0 fully saturated rings. The fraction of sp³-hybridized carbons (Fsp3) is 0. The Bertz CT molecular complexity index is 1160. The predicted octanol–water partition coefficient (Wildman–Crippen LogP) is 6.91. The Morgan fingerprint density at radius 3 is 0.711 bits per heavy atom. The highest BCUT2D eigenvalue weighted by Gasteiger charge is 2.18.